The van der Waals surface area contributed by atoms with Crippen LogP contribution in [0.3, 0.4) is 0 Å². The summed E-state index contributed by atoms with van der Waals surface area (Å²) in [4.78, 5) is 4.23. The molecule has 4 rings (SSSR count). The lowest BCUT2D eigenvalue weighted by atomic mass is 10.1. The van der Waals surface area contributed by atoms with Gasteiger partial charge >= 0.3 is 0 Å². The van der Waals surface area contributed by atoms with Crippen LogP contribution in [-0.2, 0) is 10.0 Å². The zero-order chi connectivity index (χ0) is 27.4. The number of sulfonamides is 1. The number of benzene rings is 2. The molecule has 0 aliphatic rings. The summed E-state index contributed by atoms with van der Waals surface area (Å²) in [7, 11) is -1.24. The van der Waals surface area contributed by atoms with Gasteiger partial charge in [0.1, 0.15) is 22.4 Å². The average molecular weight is 535 g/mol. The molecule has 2 aromatic heterocycles. The van der Waals surface area contributed by atoms with Gasteiger partial charge < -0.3 is 14.6 Å². The molecule has 0 spiro atoms. The predicted molar refractivity (Wildman–Crippen MR) is 141 cm³/mol. The zero-order valence-electron chi connectivity index (χ0n) is 21.2. The lowest BCUT2D eigenvalue weighted by molar-refractivity contribution is 0.176. The Labute approximate surface area is 220 Å². The zero-order valence-corrected chi connectivity index (χ0v) is 22.0. The van der Waals surface area contributed by atoms with Crippen molar-refractivity contribution in [3.63, 3.8) is 0 Å². The predicted octanol–water partition coefficient (Wildman–Crippen LogP) is 3.39. The fraction of sp³-hybridized carbons (Fsp3) is 0.231. The molecule has 2 aromatic carbocycles. The normalized spacial score (nSPS) is 12.8. The number of pyridine rings is 1. The SMILES string of the molecule is COc1cccc(OC)c1-n1c(NS(=O)(=O)[C@H](C)[C@@H](O)c2ccc(C#N)cc2)nnc1-c1cncc(C)c1. The maximum atomic E-state index is 13.5. The minimum absolute atomic E-state index is 0.136. The van der Waals surface area contributed by atoms with E-state index in [0.717, 1.165) is 5.56 Å². The number of ether oxygens (including phenoxy) is 2. The van der Waals surface area contributed by atoms with Crippen molar-refractivity contribution in [3.05, 3.63) is 77.6 Å². The molecule has 0 bridgehead atoms. The van der Waals surface area contributed by atoms with E-state index in [9.17, 15) is 13.5 Å². The molecule has 2 N–H and O–H groups in total. The Morgan fingerprint density at radius 1 is 1.05 bits per heavy atom. The molecule has 2 heterocycles. The Hall–Kier alpha value is -4.47. The highest BCUT2D eigenvalue weighted by molar-refractivity contribution is 7.93. The maximum absolute atomic E-state index is 13.5. The summed E-state index contributed by atoms with van der Waals surface area (Å²) < 4.78 is 42.0. The van der Waals surface area contributed by atoms with Crippen molar-refractivity contribution in [1.82, 2.24) is 19.7 Å². The van der Waals surface area contributed by atoms with Crippen LogP contribution in [0.2, 0.25) is 0 Å². The fourth-order valence-corrected chi connectivity index (χ4v) is 4.96. The van der Waals surface area contributed by atoms with Gasteiger partial charge in [0.2, 0.25) is 16.0 Å². The lowest BCUT2D eigenvalue weighted by Crippen LogP contribution is -2.31. The summed E-state index contributed by atoms with van der Waals surface area (Å²) in [5.41, 5.74) is 2.57. The Morgan fingerprint density at radius 3 is 2.29 bits per heavy atom. The van der Waals surface area contributed by atoms with E-state index < -0.39 is 21.4 Å². The van der Waals surface area contributed by atoms with Crippen LogP contribution in [0.25, 0.3) is 17.1 Å². The van der Waals surface area contributed by atoms with Crippen molar-refractivity contribution in [2.45, 2.75) is 25.2 Å². The van der Waals surface area contributed by atoms with Crippen LogP contribution in [0, 0.1) is 18.3 Å². The summed E-state index contributed by atoms with van der Waals surface area (Å²) in [5.74, 6) is 0.930. The second-order valence-electron chi connectivity index (χ2n) is 8.48. The number of para-hydroxylation sites is 1. The molecule has 38 heavy (non-hydrogen) atoms. The third-order valence-electron chi connectivity index (χ3n) is 5.97. The van der Waals surface area contributed by atoms with Gasteiger partial charge in [-0.05, 0) is 55.3 Å². The second-order valence-corrected chi connectivity index (χ2v) is 10.5. The molecular weight excluding hydrogens is 508 g/mol. The van der Waals surface area contributed by atoms with Crippen molar-refractivity contribution in [3.8, 4) is 34.6 Å². The molecule has 11 nitrogen and oxygen atoms in total. The van der Waals surface area contributed by atoms with E-state index in [0.29, 0.717) is 39.7 Å². The molecule has 0 saturated carbocycles. The summed E-state index contributed by atoms with van der Waals surface area (Å²) in [6, 6.07) is 15.0. The number of nitriles is 1. The van der Waals surface area contributed by atoms with E-state index in [4.69, 9.17) is 14.7 Å². The molecule has 0 saturated heterocycles. The number of nitrogens with zero attached hydrogens (tertiary/aromatic N) is 5. The fourth-order valence-electron chi connectivity index (χ4n) is 3.89. The number of aryl methyl sites for hydroxylation is 1. The van der Waals surface area contributed by atoms with Gasteiger partial charge in [-0.1, -0.05) is 18.2 Å². The maximum Gasteiger partial charge on any atom is 0.243 e. The Morgan fingerprint density at radius 2 is 1.71 bits per heavy atom. The van der Waals surface area contributed by atoms with Crippen LogP contribution in [0.5, 0.6) is 11.5 Å². The molecule has 0 amide bonds. The van der Waals surface area contributed by atoms with Crippen molar-refractivity contribution in [2.75, 3.05) is 18.9 Å². The van der Waals surface area contributed by atoms with Crippen LogP contribution >= 0.6 is 0 Å². The molecule has 4 aromatic rings. The van der Waals surface area contributed by atoms with Crippen LogP contribution < -0.4 is 14.2 Å². The van der Waals surface area contributed by atoms with Gasteiger partial charge in [0.15, 0.2) is 5.82 Å². The number of aromatic nitrogens is 4. The summed E-state index contributed by atoms with van der Waals surface area (Å²) in [5, 5.41) is 27.0. The lowest BCUT2D eigenvalue weighted by Gasteiger charge is -2.21. The first-order chi connectivity index (χ1) is 18.2. The number of hydrogen-bond acceptors (Lipinski definition) is 9. The highest BCUT2D eigenvalue weighted by atomic mass is 32.2. The van der Waals surface area contributed by atoms with E-state index in [1.54, 1.807) is 30.6 Å². The van der Waals surface area contributed by atoms with E-state index in [1.165, 1.54) is 50.0 Å². The van der Waals surface area contributed by atoms with Gasteiger partial charge in [-0.2, -0.15) is 5.26 Å². The molecule has 2 atom stereocenters. The van der Waals surface area contributed by atoms with E-state index in [2.05, 4.69) is 19.9 Å². The summed E-state index contributed by atoms with van der Waals surface area (Å²) in [6.07, 6.45) is 1.90. The molecule has 0 radical (unpaired) electrons. The van der Waals surface area contributed by atoms with Crippen molar-refractivity contribution in [2.24, 2.45) is 0 Å². The first-order valence-corrected chi connectivity index (χ1v) is 13.0. The largest absolute Gasteiger partial charge is 0.494 e. The number of methoxy groups -OCH3 is 2. The van der Waals surface area contributed by atoms with Gasteiger partial charge in [0, 0.05) is 18.0 Å². The van der Waals surface area contributed by atoms with Crippen molar-refractivity contribution in [1.29, 1.82) is 5.26 Å². The van der Waals surface area contributed by atoms with Gasteiger partial charge in [-0.25, -0.2) is 8.42 Å². The van der Waals surface area contributed by atoms with Crippen molar-refractivity contribution >= 4 is 16.0 Å². The number of rotatable bonds is 9. The topological polar surface area (TPSA) is 152 Å². The highest BCUT2D eigenvalue weighted by Crippen LogP contribution is 2.38. The quantitative estimate of drug-likeness (QED) is 0.329. The summed E-state index contributed by atoms with van der Waals surface area (Å²) >= 11 is 0. The first-order valence-electron chi connectivity index (χ1n) is 11.5. The number of anilines is 1. The standard InChI is InChI=1S/C26H26N6O5S/c1-16-12-20(15-28-14-16)25-29-30-26(32(25)23-21(36-3)6-5-7-22(23)37-4)31-38(34,35)17(2)24(33)19-10-8-18(13-27)9-11-19/h5-12,14-15,17,24,33H,1-4H3,(H,30,31)/t17-,24-/m1/s1. The average Bonchev–Trinajstić information content (AvgIpc) is 3.33. The molecule has 0 aliphatic carbocycles. The molecular formula is C26H26N6O5S. The Kier molecular flexibility index (Phi) is 7.61. The van der Waals surface area contributed by atoms with E-state index >= 15 is 0 Å². The number of aliphatic hydroxyl groups is 1. The van der Waals surface area contributed by atoms with E-state index in [1.807, 2.05) is 19.1 Å². The molecule has 12 heteroatoms. The number of hydrogen-bond donors (Lipinski definition) is 2. The van der Waals surface area contributed by atoms with Gasteiger partial charge in [0.25, 0.3) is 0 Å². The Bertz CT molecular complexity index is 1570. The molecule has 0 aliphatic heterocycles. The Balaban J connectivity index is 1.82. The minimum atomic E-state index is -4.21. The molecule has 0 fully saturated rings. The van der Waals surface area contributed by atoms with Crippen LogP contribution in [-0.4, -0.2) is 52.7 Å². The van der Waals surface area contributed by atoms with Gasteiger partial charge in [-0.15, -0.1) is 10.2 Å². The molecule has 196 valence electrons. The van der Waals surface area contributed by atoms with E-state index in [-0.39, 0.29) is 5.95 Å². The van der Waals surface area contributed by atoms with Gasteiger partial charge in [-0.3, -0.25) is 14.3 Å². The highest BCUT2D eigenvalue weighted by Gasteiger charge is 2.32. The number of nitrogens with one attached hydrogen (secondary N) is 1. The third-order valence-corrected chi connectivity index (χ3v) is 7.67. The van der Waals surface area contributed by atoms with Crippen LogP contribution in [0.4, 0.5) is 5.95 Å². The van der Waals surface area contributed by atoms with Gasteiger partial charge in [0.05, 0.1) is 32.0 Å². The molecule has 0 unspecified atom stereocenters. The monoisotopic (exact) mass is 534 g/mol. The smallest absolute Gasteiger partial charge is 0.243 e. The van der Waals surface area contributed by atoms with Crippen LogP contribution in [0.15, 0.2) is 60.9 Å². The number of aliphatic hydroxyl groups excluding tert-OH is 1. The van der Waals surface area contributed by atoms with Crippen LogP contribution in [0.1, 0.15) is 29.7 Å². The minimum Gasteiger partial charge on any atom is -0.494 e. The first kappa shape index (κ1) is 26.6. The summed E-state index contributed by atoms with van der Waals surface area (Å²) in [6.45, 7) is 3.25. The third kappa shape index (κ3) is 5.15. The second kappa shape index (κ2) is 10.9. The van der Waals surface area contributed by atoms with Crippen molar-refractivity contribution < 1.29 is 23.0 Å².